The molecule has 1 rings (SSSR count). The van der Waals surface area contributed by atoms with Crippen LogP contribution in [-0.2, 0) is 10.0 Å². The first-order valence-corrected chi connectivity index (χ1v) is 6.84. The van der Waals surface area contributed by atoms with Crippen molar-refractivity contribution in [2.75, 3.05) is 10.5 Å². The second kappa shape index (κ2) is 4.94. The zero-order valence-corrected chi connectivity index (χ0v) is 10.5. The van der Waals surface area contributed by atoms with E-state index in [-0.39, 0.29) is 11.4 Å². The molecule has 0 bridgehead atoms. The maximum absolute atomic E-state index is 13.2. The number of sulfonamides is 1. The van der Waals surface area contributed by atoms with Crippen molar-refractivity contribution in [1.29, 1.82) is 0 Å². The van der Waals surface area contributed by atoms with Crippen LogP contribution < -0.4 is 4.72 Å². The smallest absolute Gasteiger partial charge is 0.232 e. The number of hydrogen-bond acceptors (Lipinski definition) is 2. The molecule has 15 heavy (non-hydrogen) atoms. The van der Waals surface area contributed by atoms with E-state index in [1.54, 1.807) is 6.92 Å². The van der Waals surface area contributed by atoms with E-state index in [1.807, 2.05) is 0 Å². The first-order valence-electron chi connectivity index (χ1n) is 4.40. The highest BCUT2D eigenvalue weighted by Gasteiger charge is 2.11. The van der Waals surface area contributed by atoms with Gasteiger partial charge in [0.1, 0.15) is 5.82 Å². The van der Waals surface area contributed by atoms with E-state index in [9.17, 15) is 12.8 Å². The average Bonchev–Trinajstić information content (AvgIpc) is 2.10. The highest BCUT2D eigenvalue weighted by molar-refractivity contribution is 9.10. The number of halogens is 2. The van der Waals surface area contributed by atoms with Gasteiger partial charge in [-0.25, -0.2) is 12.8 Å². The number of benzene rings is 1. The summed E-state index contributed by atoms with van der Waals surface area (Å²) in [6.07, 6.45) is 0.491. The summed E-state index contributed by atoms with van der Waals surface area (Å²) in [6.45, 7) is 1.75. The Bertz CT molecular complexity index is 447. The van der Waals surface area contributed by atoms with Crippen molar-refractivity contribution in [2.24, 2.45) is 0 Å². The summed E-state index contributed by atoms with van der Waals surface area (Å²) in [5.41, 5.74) is -0.0298. The zero-order valence-electron chi connectivity index (χ0n) is 8.13. The Morgan fingerprint density at radius 2 is 2.13 bits per heavy atom. The van der Waals surface area contributed by atoms with E-state index in [2.05, 4.69) is 20.7 Å². The van der Waals surface area contributed by atoms with Crippen LogP contribution in [0.3, 0.4) is 0 Å². The fourth-order valence-electron chi connectivity index (χ4n) is 1.06. The fraction of sp³-hybridized carbons (Fsp3) is 0.333. The summed E-state index contributed by atoms with van der Waals surface area (Å²) in [4.78, 5) is 0. The Morgan fingerprint density at radius 3 is 2.73 bits per heavy atom. The Kier molecular flexibility index (Phi) is 4.10. The Morgan fingerprint density at radius 1 is 1.47 bits per heavy atom. The Hall–Kier alpha value is -0.620. The Labute approximate surface area is 96.9 Å². The monoisotopic (exact) mass is 295 g/mol. The highest BCUT2D eigenvalue weighted by Crippen LogP contribution is 2.21. The summed E-state index contributed by atoms with van der Waals surface area (Å²) >= 11 is 3.14. The lowest BCUT2D eigenvalue weighted by molar-refractivity contribution is 0.597. The van der Waals surface area contributed by atoms with Crippen molar-refractivity contribution in [3.8, 4) is 0 Å². The lowest BCUT2D eigenvalue weighted by atomic mass is 10.3. The maximum Gasteiger partial charge on any atom is 0.232 e. The van der Waals surface area contributed by atoms with Gasteiger partial charge in [0.2, 0.25) is 10.0 Å². The molecular weight excluding hydrogens is 285 g/mol. The van der Waals surface area contributed by atoms with Crippen molar-refractivity contribution in [3.05, 3.63) is 28.5 Å². The number of anilines is 1. The van der Waals surface area contributed by atoms with Gasteiger partial charge in [0.15, 0.2) is 0 Å². The predicted molar refractivity (Wildman–Crippen MR) is 61.8 cm³/mol. The largest absolute Gasteiger partial charge is 0.281 e. The summed E-state index contributed by atoms with van der Waals surface area (Å²) in [5.74, 6) is -0.600. The van der Waals surface area contributed by atoms with Crippen LogP contribution in [0.4, 0.5) is 10.1 Å². The molecule has 0 aliphatic heterocycles. The minimum Gasteiger partial charge on any atom is -0.281 e. The van der Waals surface area contributed by atoms with Crippen molar-refractivity contribution in [1.82, 2.24) is 0 Å². The molecular formula is C9H11BrFNO2S. The second-order valence-corrected chi connectivity index (χ2v) is 5.80. The van der Waals surface area contributed by atoms with Gasteiger partial charge in [0, 0.05) is 4.47 Å². The van der Waals surface area contributed by atoms with Gasteiger partial charge in [-0.15, -0.1) is 0 Å². The average molecular weight is 296 g/mol. The van der Waals surface area contributed by atoms with Crippen LogP contribution in [0, 0.1) is 5.82 Å². The lowest BCUT2D eigenvalue weighted by Gasteiger charge is -2.08. The first kappa shape index (κ1) is 12.4. The van der Waals surface area contributed by atoms with E-state index >= 15 is 0 Å². The van der Waals surface area contributed by atoms with Crippen LogP contribution in [0.25, 0.3) is 0 Å². The molecule has 3 nitrogen and oxygen atoms in total. The van der Waals surface area contributed by atoms with Gasteiger partial charge in [-0.3, -0.25) is 4.72 Å². The van der Waals surface area contributed by atoms with E-state index < -0.39 is 15.8 Å². The zero-order chi connectivity index (χ0) is 11.5. The quantitative estimate of drug-likeness (QED) is 0.928. The highest BCUT2D eigenvalue weighted by atomic mass is 79.9. The third-order valence-electron chi connectivity index (χ3n) is 1.67. The second-order valence-electron chi connectivity index (χ2n) is 3.05. The SMILES string of the molecule is CCCS(=O)(=O)Nc1cc(Br)ccc1F. The first-order chi connectivity index (χ1) is 6.94. The molecule has 0 heterocycles. The van der Waals surface area contributed by atoms with Gasteiger partial charge < -0.3 is 0 Å². The molecule has 0 unspecified atom stereocenters. The van der Waals surface area contributed by atoms with E-state index in [0.717, 1.165) is 0 Å². The number of nitrogens with one attached hydrogen (secondary N) is 1. The van der Waals surface area contributed by atoms with Crippen LogP contribution >= 0.6 is 15.9 Å². The van der Waals surface area contributed by atoms with Gasteiger partial charge in [0.05, 0.1) is 11.4 Å². The van der Waals surface area contributed by atoms with Crippen LogP contribution in [0.2, 0.25) is 0 Å². The van der Waals surface area contributed by atoms with Crippen molar-refractivity contribution in [2.45, 2.75) is 13.3 Å². The van der Waals surface area contributed by atoms with E-state index in [0.29, 0.717) is 10.9 Å². The lowest BCUT2D eigenvalue weighted by Crippen LogP contribution is -2.16. The summed E-state index contributed by atoms with van der Waals surface area (Å²) in [7, 11) is -3.43. The maximum atomic E-state index is 13.2. The third-order valence-corrected chi connectivity index (χ3v) is 3.64. The summed E-state index contributed by atoms with van der Waals surface area (Å²) < 4.78 is 38.8. The Balaban J connectivity index is 2.94. The van der Waals surface area contributed by atoms with E-state index in [1.165, 1.54) is 18.2 Å². The molecule has 0 fully saturated rings. The molecule has 0 amide bonds. The van der Waals surface area contributed by atoms with Crippen molar-refractivity contribution in [3.63, 3.8) is 0 Å². The standard InChI is InChI=1S/C9H11BrFNO2S/c1-2-5-15(13,14)12-9-6-7(10)3-4-8(9)11/h3-4,6,12H,2,5H2,1H3. The molecule has 1 N–H and O–H groups in total. The van der Waals surface area contributed by atoms with Gasteiger partial charge in [-0.05, 0) is 24.6 Å². The fourth-order valence-corrected chi connectivity index (χ4v) is 2.56. The molecule has 0 aliphatic rings. The van der Waals surface area contributed by atoms with Crippen LogP contribution in [-0.4, -0.2) is 14.2 Å². The summed E-state index contributed by atoms with van der Waals surface area (Å²) in [5, 5.41) is 0. The minimum atomic E-state index is -3.43. The van der Waals surface area contributed by atoms with Crippen molar-refractivity contribution >= 4 is 31.6 Å². The molecule has 84 valence electrons. The van der Waals surface area contributed by atoms with Gasteiger partial charge >= 0.3 is 0 Å². The molecule has 0 aromatic heterocycles. The summed E-state index contributed by atoms with van der Waals surface area (Å²) in [6, 6.07) is 4.10. The molecule has 1 aromatic carbocycles. The topological polar surface area (TPSA) is 46.2 Å². The molecule has 0 saturated heterocycles. The normalized spacial score (nSPS) is 11.4. The van der Waals surface area contributed by atoms with Gasteiger partial charge in [0.25, 0.3) is 0 Å². The molecule has 0 spiro atoms. The molecule has 0 saturated carbocycles. The predicted octanol–water partition coefficient (Wildman–Crippen LogP) is 2.74. The van der Waals surface area contributed by atoms with Gasteiger partial charge in [-0.1, -0.05) is 22.9 Å². The number of rotatable bonds is 4. The van der Waals surface area contributed by atoms with Crippen LogP contribution in [0.1, 0.15) is 13.3 Å². The van der Waals surface area contributed by atoms with Crippen LogP contribution in [0.15, 0.2) is 22.7 Å². The molecule has 0 aliphatic carbocycles. The number of hydrogen-bond donors (Lipinski definition) is 1. The van der Waals surface area contributed by atoms with Crippen LogP contribution in [0.5, 0.6) is 0 Å². The molecule has 6 heteroatoms. The van der Waals surface area contributed by atoms with Crippen molar-refractivity contribution < 1.29 is 12.8 Å². The van der Waals surface area contributed by atoms with E-state index in [4.69, 9.17) is 0 Å². The third kappa shape index (κ3) is 3.79. The molecule has 0 atom stereocenters. The molecule has 0 radical (unpaired) electrons. The molecule has 1 aromatic rings. The van der Waals surface area contributed by atoms with Gasteiger partial charge in [-0.2, -0.15) is 0 Å². The minimum absolute atomic E-state index is 0.0149.